The molecule has 0 amide bonds. The van der Waals surface area contributed by atoms with E-state index in [1.54, 1.807) is 24.3 Å². The standard InChI is InChI=1S/C22H18Cl4FNO2/c1-2-29-21-7-14(11-28-16-5-6-17(23)20(26)9-16)19(25)10-22(21)30-12-13-3-4-15(27)8-18(13)24/h3-10,28H,2,11-12H2,1H3. The molecule has 3 rings (SSSR count). The molecule has 0 aromatic heterocycles. The van der Waals surface area contributed by atoms with Crippen LogP contribution in [0, 0.1) is 5.82 Å². The van der Waals surface area contributed by atoms with Crippen molar-refractivity contribution in [3.8, 4) is 11.5 Å². The van der Waals surface area contributed by atoms with E-state index in [2.05, 4.69) is 5.32 Å². The van der Waals surface area contributed by atoms with Gasteiger partial charge < -0.3 is 14.8 Å². The minimum Gasteiger partial charge on any atom is -0.490 e. The lowest BCUT2D eigenvalue weighted by molar-refractivity contribution is 0.269. The molecule has 0 aliphatic heterocycles. The highest BCUT2D eigenvalue weighted by Gasteiger charge is 2.13. The molecule has 158 valence electrons. The molecule has 0 aliphatic rings. The highest BCUT2D eigenvalue weighted by Crippen LogP contribution is 2.35. The van der Waals surface area contributed by atoms with Crippen LogP contribution in [0.25, 0.3) is 0 Å². The topological polar surface area (TPSA) is 30.5 Å². The third-order valence-electron chi connectivity index (χ3n) is 4.21. The average molecular weight is 489 g/mol. The van der Waals surface area contributed by atoms with Crippen molar-refractivity contribution in [3.05, 3.63) is 85.6 Å². The van der Waals surface area contributed by atoms with Crippen LogP contribution in [0.5, 0.6) is 11.5 Å². The van der Waals surface area contributed by atoms with Crippen molar-refractivity contribution in [3.63, 3.8) is 0 Å². The van der Waals surface area contributed by atoms with Gasteiger partial charge in [-0.1, -0.05) is 52.5 Å². The molecule has 0 atom stereocenters. The zero-order valence-electron chi connectivity index (χ0n) is 15.9. The van der Waals surface area contributed by atoms with Gasteiger partial charge in [-0.2, -0.15) is 0 Å². The third-order valence-corrected chi connectivity index (χ3v) is 5.66. The fraction of sp³-hybridized carbons (Fsp3) is 0.182. The maximum Gasteiger partial charge on any atom is 0.163 e. The lowest BCUT2D eigenvalue weighted by atomic mass is 10.2. The lowest BCUT2D eigenvalue weighted by Crippen LogP contribution is -2.04. The molecule has 3 nitrogen and oxygen atoms in total. The molecule has 1 N–H and O–H groups in total. The summed E-state index contributed by atoms with van der Waals surface area (Å²) in [5, 5.41) is 5.00. The van der Waals surface area contributed by atoms with Gasteiger partial charge in [0, 0.05) is 28.9 Å². The summed E-state index contributed by atoms with van der Waals surface area (Å²) in [6.45, 7) is 2.93. The minimum atomic E-state index is -0.402. The van der Waals surface area contributed by atoms with Crippen LogP contribution in [-0.4, -0.2) is 6.61 Å². The predicted molar refractivity (Wildman–Crippen MR) is 122 cm³/mol. The lowest BCUT2D eigenvalue weighted by Gasteiger charge is -2.16. The van der Waals surface area contributed by atoms with Gasteiger partial charge in [-0.3, -0.25) is 0 Å². The van der Waals surface area contributed by atoms with Crippen molar-refractivity contribution >= 4 is 52.1 Å². The summed E-state index contributed by atoms with van der Waals surface area (Å²) in [6, 6.07) is 13.0. The summed E-state index contributed by atoms with van der Waals surface area (Å²) in [7, 11) is 0. The first-order valence-electron chi connectivity index (χ1n) is 9.08. The number of halogens is 5. The van der Waals surface area contributed by atoms with Crippen LogP contribution < -0.4 is 14.8 Å². The van der Waals surface area contributed by atoms with E-state index in [-0.39, 0.29) is 6.61 Å². The zero-order chi connectivity index (χ0) is 21.7. The number of ether oxygens (including phenoxy) is 2. The minimum absolute atomic E-state index is 0.149. The maximum atomic E-state index is 13.2. The quantitative estimate of drug-likeness (QED) is 0.348. The van der Waals surface area contributed by atoms with Gasteiger partial charge in [0.15, 0.2) is 11.5 Å². The van der Waals surface area contributed by atoms with Crippen LogP contribution in [0.15, 0.2) is 48.5 Å². The molecule has 30 heavy (non-hydrogen) atoms. The smallest absolute Gasteiger partial charge is 0.163 e. The van der Waals surface area contributed by atoms with Gasteiger partial charge in [-0.05, 0) is 48.9 Å². The van der Waals surface area contributed by atoms with Crippen molar-refractivity contribution in [2.45, 2.75) is 20.1 Å². The second kappa shape index (κ2) is 10.5. The van der Waals surface area contributed by atoms with Crippen LogP contribution in [0.4, 0.5) is 10.1 Å². The first-order chi connectivity index (χ1) is 14.4. The highest BCUT2D eigenvalue weighted by molar-refractivity contribution is 6.42. The summed E-state index contributed by atoms with van der Waals surface area (Å²) in [5.41, 5.74) is 2.28. The van der Waals surface area contributed by atoms with Gasteiger partial charge in [0.2, 0.25) is 0 Å². The van der Waals surface area contributed by atoms with E-state index >= 15 is 0 Å². The van der Waals surface area contributed by atoms with E-state index in [4.69, 9.17) is 55.9 Å². The molecule has 0 aliphatic carbocycles. The van der Waals surface area contributed by atoms with Gasteiger partial charge in [0.1, 0.15) is 12.4 Å². The molecule has 0 saturated heterocycles. The second-order valence-electron chi connectivity index (χ2n) is 6.33. The Kier molecular flexibility index (Phi) is 7.95. The van der Waals surface area contributed by atoms with Crippen molar-refractivity contribution in [1.29, 1.82) is 0 Å². The first-order valence-corrected chi connectivity index (χ1v) is 10.6. The fourth-order valence-electron chi connectivity index (χ4n) is 2.69. The Bertz CT molecular complexity index is 1050. The number of nitrogens with one attached hydrogen (secondary N) is 1. The summed E-state index contributed by atoms with van der Waals surface area (Å²) in [5.74, 6) is 0.618. The number of hydrogen-bond acceptors (Lipinski definition) is 3. The number of rotatable bonds is 8. The molecule has 0 unspecified atom stereocenters. The normalized spacial score (nSPS) is 10.7. The number of hydrogen-bond donors (Lipinski definition) is 1. The summed E-state index contributed by atoms with van der Waals surface area (Å²) < 4.78 is 24.8. The molecule has 0 radical (unpaired) electrons. The molecule has 0 fully saturated rings. The van der Waals surface area contributed by atoms with Gasteiger partial charge >= 0.3 is 0 Å². The Morgan fingerprint density at radius 3 is 2.20 bits per heavy atom. The SMILES string of the molecule is CCOc1cc(CNc2ccc(Cl)c(Cl)c2)c(Cl)cc1OCc1ccc(F)cc1Cl. The molecule has 0 spiro atoms. The van der Waals surface area contributed by atoms with E-state index in [1.165, 1.54) is 12.1 Å². The van der Waals surface area contributed by atoms with E-state index in [0.29, 0.717) is 50.3 Å². The van der Waals surface area contributed by atoms with Gasteiger partial charge in [0.05, 0.1) is 21.7 Å². The Morgan fingerprint density at radius 2 is 1.50 bits per heavy atom. The predicted octanol–water partition coefficient (Wildman–Crippen LogP) is 8.03. The number of benzene rings is 3. The van der Waals surface area contributed by atoms with E-state index in [1.807, 2.05) is 19.1 Å². The summed E-state index contributed by atoms with van der Waals surface area (Å²) in [6.07, 6.45) is 0. The maximum absolute atomic E-state index is 13.2. The number of anilines is 1. The average Bonchev–Trinajstić information content (AvgIpc) is 2.70. The summed E-state index contributed by atoms with van der Waals surface area (Å²) in [4.78, 5) is 0. The molecular formula is C22H18Cl4FNO2. The molecular weight excluding hydrogens is 471 g/mol. The van der Waals surface area contributed by atoms with Gasteiger partial charge in [-0.15, -0.1) is 0 Å². The van der Waals surface area contributed by atoms with Gasteiger partial charge in [-0.25, -0.2) is 4.39 Å². The fourth-order valence-corrected chi connectivity index (χ4v) is 3.43. The van der Waals surface area contributed by atoms with Crippen molar-refractivity contribution in [2.24, 2.45) is 0 Å². The van der Waals surface area contributed by atoms with Gasteiger partial charge in [0.25, 0.3) is 0 Å². The van der Waals surface area contributed by atoms with Crippen molar-refractivity contribution in [1.82, 2.24) is 0 Å². The van der Waals surface area contributed by atoms with Crippen LogP contribution >= 0.6 is 46.4 Å². The highest BCUT2D eigenvalue weighted by atomic mass is 35.5. The van der Waals surface area contributed by atoms with E-state index in [0.717, 1.165) is 11.3 Å². The first kappa shape index (κ1) is 22.8. The second-order valence-corrected chi connectivity index (χ2v) is 7.96. The molecule has 0 heterocycles. The monoisotopic (exact) mass is 487 g/mol. The Labute approximate surface area is 194 Å². The summed E-state index contributed by atoms with van der Waals surface area (Å²) >= 11 is 24.5. The molecule has 0 saturated carbocycles. The van der Waals surface area contributed by atoms with E-state index < -0.39 is 5.82 Å². The molecule has 0 bridgehead atoms. The molecule has 3 aromatic carbocycles. The Balaban J connectivity index is 1.76. The van der Waals surface area contributed by atoms with Crippen molar-refractivity contribution in [2.75, 3.05) is 11.9 Å². The van der Waals surface area contributed by atoms with Crippen LogP contribution in [-0.2, 0) is 13.2 Å². The van der Waals surface area contributed by atoms with Crippen LogP contribution in [0.1, 0.15) is 18.1 Å². The largest absolute Gasteiger partial charge is 0.490 e. The van der Waals surface area contributed by atoms with Crippen LogP contribution in [0.2, 0.25) is 20.1 Å². The Morgan fingerprint density at radius 1 is 0.767 bits per heavy atom. The molecule has 8 heteroatoms. The van der Waals surface area contributed by atoms with Crippen molar-refractivity contribution < 1.29 is 13.9 Å². The molecule has 3 aromatic rings. The zero-order valence-corrected chi connectivity index (χ0v) is 19.0. The van der Waals surface area contributed by atoms with Crippen LogP contribution in [0.3, 0.4) is 0 Å². The van der Waals surface area contributed by atoms with E-state index in [9.17, 15) is 4.39 Å². The Hall–Kier alpha value is -1.85. The third kappa shape index (κ3) is 5.86.